The van der Waals surface area contributed by atoms with Crippen molar-refractivity contribution < 1.29 is 13.2 Å². The summed E-state index contributed by atoms with van der Waals surface area (Å²) in [6, 6.07) is 1.76. The molecule has 3 heterocycles. The Morgan fingerprint density at radius 2 is 2.15 bits per heavy atom. The van der Waals surface area contributed by atoms with Gasteiger partial charge in [-0.1, -0.05) is 0 Å². The van der Waals surface area contributed by atoms with E-state index in [4.69, 9.17) is 0 Å². The Bertz CT molecular complexity index is 580. The molecule has 0 radical (unpaired) electrons. The van der Waals surface area contributed by atoms with E-state index >= 15 is 0 Å². The Morgan fingerprint density at radius 3 is 2.80 bits per heavy atom. The van der Waals surface area contributed by atoms with E-state index in [9.17, 15) is 13.2 Å². The second kappa shape index (κ2) is 4.93. The van der Waals surface area contributed by atoms with Crippen LogP contribution in [0.5, 0.6) is 0 Å². The second-order valence-electron chi connectivity index (χ2n) is 4.90. The molecular weight excluding hydrogens is 271 g/mol. The van der Waals surface area contributed by atoms with Crippen molar-refractivity contribution in [1.29, 1.82) is 0 Å². The number of halogens is 3. The highest BCUT2D eigenvalue weighted by Gasteiger charge is 2.33. The van der Waals surface area contributed by atoms with Gasteiger partial charge >= 0.3 is 6.18 Å². The zero-order valence-electron chi connectivity index (χ0n) is 10.6. The van der Waals surface area contributed by atoms with Crippen molar-refractivity contribution in [2.45, 2.75) is 24.9 Å². The zero-order chi connectivity index (χ0) is 14.2. The number of rotatable bonds is 2. The maximum absolute atomic E-state index is 12.5. The minimum Gasteiger partial charge on any atom is -0.333 e. The molecule has 5 nitrogen and oxygen atoms in total. The van der Waals surface area contributed by atoms with Gasteiger partial charge < -0.3 is 10.3 Å². The van der Waals surface area contributed by atoms with Crippen molar-refractivity contribution in [3.63, 3.8) is 0 Å². The fourth-order valence-corrected chi connectivity index (χ4v) is 2.38. The number of H-pyrrole nitrogens is 2. The minimum absolute atomic E-state index is 0.128. The lowest BCUT2D eigenvalue weighted by molar-refractivity contribution is -0.140. The van der Waals surface area contributed by atoms with Crippen LogP contribution in [0.2, 0.25) is 0 Å². The molecule has 0 amide bonds. The lowest BCUT2D eigenvalue weighted by Gasteiger charge is -2.21. The van der Waals surface area contributed by atoms with Crippen LogP contribution in [0.3, 0.4) is 0 Å². The normalized spacial score (nSPS) is 20.2. The predicted molar refractivity (Wildman–Crippen MR) is 66.0 cm³/mol. The van der Waals surface area contributed by atoms with Crippen LogP contribution >= 0.6 is 0 Å². The fourth-order valence-electron chi connectivity index (χ4n) is 2.38. The molecule has 1 aliphatic heterocycles. The van der Waals surface area contributed by atoms with Gasteiger partial charge in [0, 0.05) is 18.2 Å². The van der Waals surface area contributed by atoms with Gasteiger partial charge in [-0.25, -0.2) is 4.98 Å². The van der Waals surface area contributed by atoms with Gasteiger partial charge in [0.2, 0.25) is 0 Å². The van der Waals surface area contributed by atoms with Crippen molar-refractivity contribution in [3.8, 4) is 11.5 Å². The smallest absolute Gasteiger partial charge is 0.333 e. The number of piperidine rings is 1. The molecular formula is C12H14F3N5. The summed E-state index contributed by atoms with van der Waals surface area (Å²) in [5.74, 6) is 0.450. The van der Waals surface area contributed by atoms with Crippen molar-refractivity contribution >= 4 is 0 Å². The summed E-state index contributed by atoms with van der Waals surface area (Å²) in [7, 11) is 0. The molecule has 8 heteroatoms. The Balaban J connectivity index is 1.81. The van der Waals surface area contributed by atoms with Gasteiger partial charge in [-0.15, -0.1) is 0 Å². The number of alkyl halides is 3. The van der Waals surface area contributed by atoms with Crippen LogP contribution < -0.4 is 5.32 Å². The molecule has 0 aliphatic carbocycles. The maximum atomic E-state index is 12.5. The summed E-state index contributed by atoms with van der Waals surface area (Å²) in [4.78, 5) is 5.99. The van der Waals surface area contributed by atoms with E-state index in [0.29, 0.717) is 11.6 Å². The molecule has 0 unspecified atom stereocenters. The van der Waals surface area contributed by atoms with Crippen molar-refractivity contribution in [1.82, 2.24) is 25.5 Å². The number of aromatic amines is 2. The fraction of sp³-hybridized carbons (Fsp3) is 0.500. The van der Waals surface area contributed by atoms with Gasteiger partial charge in [-0.2, -0.15) is 18.3 Å². The third-order valence-corrected chi connectivity index (χ3v) is 3.46. The number of nitrogens with one attached hydrogen (secondary N) is 3. The van der Waals surface area contributed by atoms with E-state index in [0.717, 1.165) is 37.8 Å². The molecule has 0 spiro atoms. The quantitative estimate of drug-likeness (QED) is 0.793. The number of aromatic nitrogens is 4. The largest absolute Gasteiger partial charge is 0.432 e. The maximum Gasteiger partial charge on any atom is 0.432 e. The van der Waals surface area contributed by atoms with Crippen molar-refractivity contribution in [2.24, 2.45) is 0 Å². The number of imidazole rings is 1. The molecule has 1 atom stereocenters. The van der Waals surface area contributed by atoms with Gasteiger partial charge in [0.05, 0.1) is 6.20 Å². The molecule has 1 aliphatic rings. The molecule has 2 aromatic heterocycles. The predicted octanol–water partition coefficient (Wildman–Crippen LogP) is 2.29. The molecule has 20 heavy (non-hydrogen) atoms. The Kier molecular flexibility index (Phi) is 3.25. The summed E-state index contributed by atoms with van der Waals surface area (Å²) in [5.41, 5.74) is 0.467. The lowest BCUT2D eigenvalue weighted by Crippen LogP contribution is -2.28. The Labute approximate surface area is 113 Å². The van der Waals surface area contributed by atoms with Gasteiger partial charge in [0.25, 0.3) is 0 Å². The molecule has 3 N–H and O–H groups in total. The van der Waals surface area contributed by atoms with E-state index < -0.39 is 11.9 Å². The first-order chi connectivity index (χ1) is 9.54. The van der Waals surface area contributed by atoms with Gasteiger partial charge in [-0.3, -0.25) is 5.10 Å². The first-order valence-electron chi connectivity index (χ1n) is 6.42. The zero-order valence-corrected chi connectivity index (χ0v) is 10.6. The van der Waals surface area contributed by atoms with Crippen molar-refractivity contribution in [3.05, 3.63) is 23.7 Å². The number of nitrogens with zero attached hydrogens (tertiary/aromatic N) is 2. The molecule has 0 bridgehead atoms. The van der Waals surface area contributed by atoms with Gasteiger partial charge in [0.1, 0.15) is 11.4 Å². The van der Waals surface area contributed by atoms with E-state index in [-0.39, 0.29) is 5.82 Å². The summed E-state index contributed by atoms with van der Waals surface area (Å²) in [6.45, 7) is 1.86. The molecule has 2 aromatic rings. The van der Waals surface area contributed by atoms with Crippen LogP contribution in [0, 0.1) is 0 Å². The standard InChI is InChI=1S/C12H14F3N5/c13-12(14,15)10-6-17-11(18-10)9-4-8(19-20-9)7-2-1-3-16-5-7/h4,6-7,16H,1-3,5H2,(H,17,18)(H,19,20)/t7-/m0/s1. The average molecular weight is 285 g/mol. The van der Waals surface area contributed by atoms with E-state index in [1.807, 2.05) is 0 Å². The van der Waals surface area contributed by atoms with E-state index in [1.54, 1.807) is 6.07 Å². The summed E-state index contributed by atoms with van der Waals surface area (Å²) in [6.07, 6.45) is -1.51. The molecule has 0 saturated carbocycles. The van der Waals surface area contributed by atoms with Crippen LogP contribution in [0.25, 0.3) is 11.5 Å². The third kappa shape index (κ3) is 2.55. The highest BCUT2D eigenvalue weighted by molar-refractivity contribution is 5.50. The van der Waals surface area contributed by atoms with Gasteiger partial charge in [0.15, 0.2) is 5.82 Å². The summed E-state index contributed by atoms with van der Waals surface area (Å²) in [5, 5.41) is 10.2. The highest BCUT2D eigenvalue weighted by atomic mass is 19.4. The SMILES string of the molecule is FC(F)(F)c1cnc(-c2cc([C@H]3CCCNC3)[nH]n2)[nH]1. The summed E-state index contributed by atoms with van der Waals surface area (Å²) >= 11 is 0. The molecule has 1 fully saturated rings. The molecule has 3 rings (SSSR count). The van der Waals surface area contributed by atoms with Crippen LogP contribution in [-0.2, 0) is 6.18 Å². The van der Waals surface area contributed by atoms with Crippen LogP contribution in [-0.4, -0.2) is 33.3 Å². The molecule has 108 valence electrons. The minimum atomic E-state index is -4.42. The van der Waals surface area contributed by atoms with Crippen molar-refractivity contribution in [2.75, 3.05) is 13.1 Å². The Morgan fingerprint density at radius 1 is 1.30 bits per heavy atom. The first-order valence-corrected chi connectivity index (χ1v) is 6.42. The topological polar surface area (TPSA) is 69.4 Å². The lowest BCUT2D eigenvalue weighted by atomic mass is 9.96. The molecule has 1 saturated heterocycles. The van der Waals surface area contributed by atoms with E-state index in [2.05, 4.69) is 25.5 Å². The average Bonchev–Trinajstić information content (AvgIpc) is 3.08. The molecule has 0 aromatic carbocycles. The van der Waals surface area contributed by atoms with Gasteiger partial charge in [-0.05, 0) is 25.5 Å². The Hall–Kier alpha value is -1.83. The van der Waals surface area contributed by atoms with Crippen LogP contribution in [0.4, 0.5) is 13.2 Å². The summed E-state index contributed by atoms with van der Waals surface area (Å²) < 4.78 is 37.5. The monoisotopic (exact) mass is 285 g/mol. The highest BCUT2D eigenvalue weighted by Crippen LogP contribution is 2.30. The second-order valence-corrected chi connectivity index (χ2v) is 4.90. The first kappa shape index (κ1) is 13.2. The third-order valence-electron chi connectivity index (χ3n) is 3.46. The van der Waals surface area contributed by atoms with Crippen LogP contribution in [0.1, 0.15) is 30.1 Å². The number of hydrogen-bond donors (Lipinski definition) is 3. The van der Waals surface area contributed by atoms with Crippen LogP contribution in [0.15, 0.2) is 12.3 Å². The van der Waals surface area contributed by atoms with E-state index in [1.165, 1.54) is 0 Å². The number of hydrogen-bond acceptors (Lipinski definition) is 3.